The van der Waals surface area contributed by atoms with Gasteiger partial charge >= 0.3 is 6.03 Å². The Hall–Kier alpha value is -2.19. The summed E-state index contributed by atoms with van der Waals surface area (Å²) in [5, 5.41) is 27.4. The fraction of sp³-hybridized carbons (Fsp3) is 0.708. The van der Waals surface area contributed by atoms with Crippen molar-refractivity contribution in [2.24, 2.45) is 16.7 Å². The third kappa shape index (κ3) is 4.42. The molecule has 2 heterocycles. The van der Waals surface area contributed by atoms with Crippen molar-refractivity contribution in [3.8, 4) is 12.3 Å². The number of nitrogens with one attached hydrogen (secondary N) is 2. The lowest BCUT2D eigenvalue weighted by Gasteiger charge is -2.58. The Kier molecular flexibility index (Phi) is 7.20. The van der Waals surface area contributed by atoms with Crippen molar-refractivity contribution >= 4 is 28.4 Å². The van der Waals surface area contributed by atoms with Gasteiger partial charge in [0.2, 0.25) is 5.91 Å². The molecule has 2 aliphatic carbocycles. The van der Waals surface area contributed by atoms with Crippen molar-refractivity contribution < 1.29 is 24.5 Å². The quantitative estimate of drug-likeness (QED) is 0.465. The number of aliphatic hydroxyl groups is 2. The van der Waals surface area contributed by atoms with E-state index < -0.39 is 11.5 Å². The van der Waals surface area contributed by atoms with Crippen molar-refractivity contribution in [2.45, 2.75) is 51.6 Å². The molecule has 5 atom stereocenters. The normalized spacial score (nSPS) is 32.8. The van der Waals surface area contributed by atoms with Crippen molar-refractivity contribution in [2.75, 3.05) is 44.8 Å². The van der Waals surface area contributed by atoms with Gasteiger partial charge in [-0.15, -0.1) is 17.8 Å². The molecular weight excluding hydrogens is 456 g/mol. The average Bonchev–Trinajstić information content (AvgIpc) is 3.24. The molecular formula is C24H34N4O5S. The zero-order valence-corrected chi connectivity index (χ0v) is 20.6. The van der Waals surface area contributed by atoms with E-state index in [0.29, 0.717) is 50.7 Å². The molecule has 186 valence electrons. The van der Waals surface area contributed by atoms with E-state index in [1.54, 1.807) is 4.90 Å². The number of carbonyl (C=O) groups is 2. The zero-order valence-electron chi connectivity index (χ0n) is 19.8. The molecule has 0 bridgehead atoms. The van der Waals surface area contributed by atoms with Gasteiger partial charge in [-0.3, -0.25) is 10.1 Å². The predicted molar refractivity (Wildman–Crippen MR) is 128 cm³/mol. The van der Waals surface area contributed by atoms with Crippen LogP contribution in [-0.4, -0.2) is 77.6 Å². The molecule has 2 fully saturated rings. The van der Waals surface area contributed by atoms with Crippen LogP contribution in [0.4, 0.5) is 9.93 Å². The maximum atomic E-state index is 12.8. The maximum absolute atomic E-state index is 12.8. The minimum Gasteiger partial charge on any atom is -0.396 e. The van der Waals surface area contributed by atoms with Crippen LogP contribution >= 0.6 is 11.3 Å². The van der Waals surface area contributed by atoms with Crippen LogP contribution in [0.15, 0.2) is 0 Å². The second kappa shape index (κ2) is 9.82. The fourth-order valence-corrected chi connectivity index (χ4v) is 7.10. The number of terminal acetylenes is 1. The third-order valence-corrected chi connectivity index (χ3v) is 9.19. The number of thiazole rings is 1. The lowest BCUT2D eigenvalue weighted by atomic mass is 9.47. The Balaban J connectivity index is 1.67. The smallest absolute Gasteiger partial charge is 0.323 e. The number of aromatic nitrogens is 1. The Morgan fingerprint density at radius 2 is 2.09 bits per heavy atom. The summed E-state index contributed by atoms with van der Waals surface area (Å²) in [5.74, 6) is 2.01. The molecule has 0 unspecified atom stereocenters. The molecule has 3 amide bonds. The first-order valence-corrected chi connectivity index (χ1v) is 12.7. The molecule has 3 aliphatic rings. The number of urea groups is 1. The highest BCUT2D eigenvalue weighted by molar-refractivity contribution is 7.15. The molecule has 1 saturated heterocycles. The Labute approximate surface area is 204 Å². The van der Waals surface area contributed by atoms with E-state index in [2.05, 4.69) is 23.5 Å². The number of anilines is 1. The fourth-order valence-electron chi connectivity index (χ4n) is 6.04. The molecule has 0 spiro atoms. The Morgan fingerprint density at radius 3 is 2.76 bits per heavy atom. The molecule has 1 aromatic heterocycles. The second-order valence-electron chi connectivity index (χ2n) is 10.1. The van der Waals surface area contributed by atoms with Crippen LogP contribution in [0.1, 0.15) is 49.6 Å². The van der Waals surface area contributed by atoms with Gasteiger partial charge in [-0.05, 0) is 30.6 Å². The molecule has 1 aliphatic heterocycles. The van der Waals surface area contributed by atoms with Gasteiger partial charge < -0.3 is 25.2 Å². The van der Waals surface area contributed by atoms with Crippen molar-refractivity contribution in [1.82, 2.24) is 15.2 Å². The summed E-state index contributed by atoms with van der Waals surface area (Å²) in [6.45, 7) is 6.18. The summed E-state index contributed by atoms with van der Waals surface area (Å²) in [6.07, 6.45) is 6.80. The van der Waals surface area contributed by atoms with Gasteiger partial charge in [-0.25, -0.2) is 9.78 Å². The van der Waals surface area contributed by atoms with Crippen LogP contribution in [0.5, 0.6) is 0 Å². The van der Waals surface area contributed by atoms with Gasteiger partial charge in [-0.1, -0.05) is 19.8 Å². The number of hydrogen-bond acceptors (Lipinski definition) is 7. The molecule has 10 heteroatoms. The molecule has 4 rings (SSSR count). The standard InChI is InChI=1S/C24H34N4O5S/c1-4-7-25-19(31)12-15-20-16(13-17-23(15,2)6-5-18(30)24(17,3)14-29)34-21(26-20)27-22(32)28-8-10-33-11-9-28/h1,15,17-18,29-30H,5-14H2,2-3H3,(H,25,31)(H,26,27,32)/t15-,17+,18-,23+,24+/m1/s1. The third-order valence-electron chi connectivity index (χ3n) is 8.18. The number of nitrogens with zero attached hydrogens (tertiary/aromatic N) is 2. The number of hydrogen-bond donors (Lipinski definition) is 4. The molecule has 1 aromatic rings. The van der Waals surface area contributed by atoms with Crippen molar-refractivity contribution in [3.63, 3.8) is 0 Å². The molecule has 4 N–H and O–H groups in total. The highest BCUT2D eigenvalue weighted by Gasteiger charge is 2.59. The Bertz CT molecular complexity index is 971. The summed E-state index contributed by atoms with van der Waals surface area (Å²) in [7, 11) is 0. The van der Waals surface area contributed by atoms with Crippen LogP contribution in [0.2, 0.25) is 0 Å². The SMILES string of the molecule is C#CCNC(=O)C[C@@H]1c2nc(NC(=O)N3CCOCC3)sc2C[C@@H]2[C@](C)(CO)[C@H](O)CC[C@]21C. The number of fused-ring (bicyclic) bond motifs is 2. The summed E-state index contributed by atoms with van der Waals surface area (Å²) >= 11 is 1.41. The minimum absolute atomic E-state index is 0.0464. The van der Waals surface area contributed by atoms with Crippen LogP contribution in [0.25, 0.3) is 0 Å². The lowest BCUT2D eigenvalue weighted by Crippen LogP contribution is -2.57. The number of amides is 3. The summed E-state index contributed by atoms with van der Waals surface area (Å²) in [4.78, 5) is 33.0. The highest BCUT2D eigenvalue weighted by Crippen LogP contribution is 2.62. The summed E-state index contributed by atoms with van der Waals surface area (Å²) in [6, 6.07) is -0.211. The van der Waals surface area contributed by atoms with Gasteiger partial charge in [0.15, 0.2) is 5.13 Å². The zero-order chi connectivity index (χ0) is 24.5. The molecule has 0 aromatic carbocycles. The van der Waals surface area contributed by atoms with Gasteiger partial charge in [0.1, 0.15) is 0 Å². The topological polar surface area (TPSA) is 124 Å². The van der Waals surface area contributed by atoms with Gasteiger partial charge in [-0.2, -0.15) is 0 Å². The van der Waals surface area contributed by atoms with E-state index >= 15 is 0 Å². The Morgan fingerprint density at radius 1 is 1.35 bits per heavy atom. The number of carbonyl (C=O) groups excluding carboxylic acids is 2. The average molecular weight is 491 g/mol. The number of rotatable bonds is 5. The maximum Gasteiger partial charge on any atom is 0.323 e. The number of ether oxygens (including phenoxy) is 1. The van der Waals surface area contributed by atoms with Crippen LogP contribution in [0.3, 0.4) is 0 Å². The molecule has 9 nitrogen and oxygen atoms in total. The van der Waals surface area contributed by atoms with Gasteiger partial charge in [0.25, 0.3) is 0 Å². The van der Waals surface area contributed by atoms with E-state index in [4.69, 9.17) is 16.1 Å². The van der Waals surface area contributed by atoms with E-state index in [1.165, 1.54) is 11.3 Å². The first-order chi connectivity index (χ1) is 16.2. The predicted octanol–water partition coefficient (Wildman–Crippen LogP) is 1.56. The van der Waals surface area contributed by atoms with Crippen molar-refractivity contribution in [1.29, 1.82) is 0 Å². The molecule has 1 saturated carbocycles. The van der Waals surface area contributed by atoms with Crippen molar-refractivity contribution in [3.05, 3.63) is 10.6 Å². The van der Waals surface area contributed by atoms with Gasteiger partial charge in [0.05, 0.1) is 38.2 Å². The molecule has 0 radical (unpaired) electrons. The second-order valence-corrected chi connectivity index (χ2v) is 11.2. The minimum atomic E-state index is -0.695. The van der Waals surface area contributed by atoms with Crippen LogP contribution in [-0.2, 0) is 16.0 Å². The van der Waals surface area contributed by atoms with E-state index in [9.17, 15) is 19.8 Å². The van der Waals surface area contributed by atoms with E-state index in [-0.39, 0.29) is 48.8 Å². The molecule has 34 heavy (non-hydrogen) atoms. The lowest BCUT2D eigenvalue weighted by molar-refractivity contribution is -0.144. The van der Waals surface area contributed by atoms with E-state index in [0.717, 1.165) is 10.6 Å². The highest BCUT2D eigenvalue weighted by atomic mass is 32.1. The number of aliphatic hydroxyl groups excluding tert-OH is 2. The largest absolute Gasteiger partial charge is 0.396 e. The number of morpholine rings is 1. The first kappa shape index (κ1) is 24.9. The monoisotopic (exact) mass is 490 g/mol. The summed E-state index contributed by atoms with van der Waals surface area (Å²) in [5.41, 5.74) is -0.218. The van der Waals surface area contributed by atoms with E-state index in [1.807, 2.05) is 6.92 Å². The van der Waals surface area contributed by atoms with Crippen LogP contribution in [0, 0.1) is 29.1 Å². The van der Waals surface area contributed by atoms with Gasteiger partial charge in [0, 0.05) is 35.7 Å². The summed E-state index contributed by atoms with van der Waals surface area (Å²) < 4.78 is 5.32. The van der Waals surface area contributed by atoms with Crippen LogP contribution < -0.4 is 10.6 Å². The first-order valence-electron chi connectivity index (χ1n) is 11.8.